The minimum absolute atomic E-state index is 0.269. The van der Waals surface area contributed by atoms with Gasteiger partial charge in [-0.1, -0.05) is 12.1 Å². The van der Waals surface area contributed by atoms with E-state index in [9.17, 15) is 18.0 Å². The minimum Gasteiger partial charge on any atom is -0.395 e. The number of halogens is 3. The number of aliphatic hydroxyl groups excluding tert-OH is 1. The molecule has 18 heavy (non-hydrogen) atoms. The molecule has 0 radical (unpaired) electrons. The van der Waals surface area contributed by atoms with Crippen molar-refractivity contribution in [3.8, 4) is 0 Å². The Balaban J connectivity index is 2.22. The second kappa shape index (κ2) is 4.28. The van der Waals surface area contributed by atoms with Crippen molar-refractivity contribution in [2.75, 3.05) is 11.9 Å². The van der Waals surface area contributed by atoms with E-state index in [2.05, 4.69) is 5.32 Å². The van der Waals surface area contributed by atoms with Gasteiger partial charge in [-0.05, 0) is 25.0 Å². The quantitative estimate of drug-likeness (QED) is 0.875. The van der Waals surface area contributed by atoms with Crippen LogP contribution < -0.4 is 5.32 Å². The van der Waals surface area contributed by atoms with Crippen molar-refractivity contribution in [1.29, 1.82) is 0 Å². The van der Waals surface area contributed by atoms with Crippen LogP contribution in [0.5, 0.6) is 0 Å². The molecule has 1 aromatic carbocycles. The van der Waals surface area contributed by atoms with Crippen molar-refractivity contribution in [1.82, 2.24) is 0 Å². The summed E-state index contributed by atoms with van der Waals surface area (Å²) in [7, 11) is 0. The fourth-order valence-electron chi connectivity index (χ4n) is 1.70. The van der Waals surface area contributed by atoms with Crippen LogP contribution >= 0.6 is 0 Å². The molecule has 0 atom stereocenters. The van der Waals surface area contributed by atoms with Crippen molar-refractivity contribution >= 4 is 11.6 Å². The van der Waals surface area contributed by atoms with Crippen LogP contribution in [0.1, 0.15) is 18.4 Å². The van der Waals surface area contributed by atoms with Gasteiger partial charge < -0.3 is 10.4 Å². The number of alkyl halides is 3. The van der Waals surface area contributed by atoms with Gasteiger partial charge >= 0.3 is 6.18 Å². The number of benzene rings is 1. The molecular formula is C12H12F3NO2. The molecule has 0 bridgehead atoms. The molecule has 3 nitrogen and oxygen atoms in total. The van der Waals surface area contributed by atoms with Crippen LogP contribution in [0.25, 0.3) is 0 Å². The molecule has 0 heterocycles. The van der Waals surface area contributed by atoms with E-state index >= 15 is 0 Å². The second-order valence-corrected chi connectivity index (χ2v) is 4.44. The number of carbonyl (C=O) groups is 1. The lowest BCUT2D eigenvalue weighted by Crippen LogP contribution is -2.28. The van der Waals surface area contributed by atoms with Gasteiger partial charge in [-0.15, -0.1) is 0 Å². The number of hydrogen-bond donors (Lipinski definition) is 2. The molecular weight excluding hydrogens is 247 g/mol. The Labute approximate surface area is 102 Å². The molecule has 0 saturated heterocycles. The first-order chi connectivity index (χ1) is 8.39. The van der Waals surface area contributed by atoms with Gasteiger partial charge in [-0.2, -0.15) is 13.2 Å². The molecule has 1 aliphatic rings. The van der Waals surface area contributed by atoms with Crippen molar-refractivity contribution in [2.24, 2.45) is 5.41 Å². The number of hydrogen-bond acceptors (Lipinski definition) is 2. The summed E-state index contributed by atoms with van der Waals surface area (Å²) in [5, 5.41) is 11.3. The summed E-state index contributed by atoms with van der Waals surface area (Å²) >= 11 is 0. The van der Waals surface area contributed by atoms with Gasteiger partial charge in [-0.3, -0.25) is 4.79 Å². The third-order valence-electron chi connectivity index (χ3n) is 3.12. The molecule has 6 heteroatoms. The Kier molecular flexibility index (Phi) is 3.06. The SMILES string of the molecule is O=C(Nc1ccccc1C(F)(F)F)C1(CO)CC1. The Bertz CT molecular complexity index is 467. The summed E-state index contributed by atoms with van der Waals surface area (Å²) in [4.78, 5) is 11.8. The minimum atomic E-state index is -4.51. The molecule has 1 saturated carbocycles. The molecule has 0 unspecified atom stereocenters. The zero-order valence-corrected chi connectivity index (χ0v) is 9.42. The van der Waals surface area contributed by atoms with E-state index in [0.29, 0.717) is 12.8 Å². The summed E-state index contributed by atoms with van der Waals surface area (Å²) < 4.78 is 38.1. The lowest BCUT2D eigenvalue weighted by atomic mass is 10.1. The Morgan fingerprint density at radius 2 is 1.94 bits per heavy atom. The van der Waals surface area contributed by atoms with Gasteiger partial charge in [0.1, 0.15) is 0 Å². The fraction of sp³-hybridized carbons (Fsp3) is 0.417. The third-order valence-corrected chi connectivity index (χ3v) is 3.12. The molecule has 1 aliphatic carbocycles. The van der Waals surface area contributed by atoms with Crippen LogP contribution in [0.15, 0.2) is 24.3 Å². The monoisotopic (exact) mass is 259 g/mol. The first kappa shape index (κ1) is 12.9. The summed E-state index contributed by atoms with van der Waals surface area (Å²) in [6.45, 7) is -0.340. The van der Waals surface area contributed by atoms with E-state index in [1.54, 1.807) is 0 Å². The average molecular weight is 259 g/mol. The maximum atomic E-state index is 12.7. The lowest BCUT2D eigenvalue weighted by molar-refractivity contribution is -0.137. The van der Waals surface area contributed by atoms with Crippen LogP contribution in [0.4, 0.5) is 18.9 Å². The van der Waals surface area contributed by atoms with Crippen LogP contribution in [0.2, 0.25) is 0 Å². The number of nitrogens with one attached hydrogen (secondary N) is 1. The van der Waals surface area contributed by atoms with Crippen molar-refractivity contribution in [3.05, 3.63) is 29.8 Å². The van der Waals surface area contributed by atoms with Gasteiger partial charge in [0.25, 0.3) is 0 Å². The number of amides is 1. The Morgan fingerprint density at radius 1 is 1.33 bits per heavy atom. The van der Waals surface area contributed by atoms with Crippen molar-refractivity contribution in [3.63, 3.8) is 0 Å². The highest BCUT2D eigenvalue weighted by molar-refractivity contribution is 5.97. The van der Waals surface area contributed by atoms with Gasteiger partial charge in [-0.25, -0.2) is 0 Å². The zero-order chi connectivity index (χ0) is 13.4. The number of anilines is 1. The summed E-state index contributed by atoms with van der Waals surface area (Å²) in [5.41, 5.74) is -2.04. The molecule has 1 aromatic rings. The van der Waals surface area contributed by atoms with Crippen LogP contribution in [-0.2, 0) is 11.0 Å². The molecule has 98 valence electrons. The normalized spacial score (nSPS) is 17.3. The number of para-hydroxylation sites is 1. The van der Waals surface area contributed by atoms with E-state index in [1.165, 1.54) is 18.2 Å². The highest BCUT2D eigenvalue weighted by atomic mass is 19.4. The van der Waals surface area contributed by atoms with E-state index < -0.39 is 23.1 Å². The van der Waals surface area contributed by atoms with E-state index in [4.69, 9.17) is 5.11 Å². The predicted molar refractivity (Wildman–Crippen MR) is 58.8 cm³/mol. The number of carbonyl (C=O) groups excluding carboxylic acids is 1. The maximum absolute atomic E-state index is 12.7. The molecule has 0 aliphatic heterocycles. The third kappa shape index (κ3) is 2.33. The largest absolute Gasteiger partial charge is 0.418 e. The smallest absolute Gasteiger partial charge is 0.395 e. The summed E-state index contributed by atoms with van der Waals surface area (Å²) in [5.74, 6) is -0.554. The summed E-state index contributed by atoms with van der Waals surface area (Å²) in [6, 6.07) is 4.79. The highest BCUT2D eigenvalue weighted by Crippen LogP contribution is 2.46. The standard InChI is InChI=1S/C12H12F3NO2/c13-12(14,15)8-3-1-2-4-9(8)16-10(18)11(7-17)5-6-11/h1-4,17H,5-7H2,(H,16,18). The highest BCUT2D eigenvalue weighted by Gasteiger charge is 2.49. The average Bonchev–Trinajstić information content (AvgIpc) is 3.09. The first-order valence-electron chi connectivity index (χ1n) is 5.48. The Hall–Kier alpha value is -1.56. The lowest BCUT2D eigenvalue weighted by Gasteiger charge is -2.16. The summed E-state index contributed by atoms with van der Waals surface area (Å²) in [6.07, 6.45) is -3.51. The first-order valence-corrected chi connectivity index (χ1v) is 5.48. The maximum Gasteiger partial charge on any atom is 0.418 e. The second-order valence-electron chi connectivity index (χ2n) is 4.44. The topological polar surface area (TPSA) is 49.3 Å². The number of rotatable bonds is 3. The number of aliphatic hydroxyl groups is 1. The molecule has 0 spiro atoms. The fourth-order valence-corrected chi connectivity index (χ4v) is 1.70. The van der Waals surface area contributed by atoms with Gasteiger partial charge in [0, 0.05) is 0 Å². The van der Waals surface area contributed by atoms with Crippen LogP contribution in [0.3, 0.4) is 0 Å². The molecule has 2 N–H and O–H groups in total. The van der Waals surface area contributed by atoms with E-state index in [-0.39, 0.29) is 12.3 Å². The molecule has 2 rings (SSSR count). The van der Waals surface area contributed by atoms with Crippen LogP contribution in [0, 0.1) is 5.41 Å². The van der Waals surface area contributed by atoms with Crippen molar-refractivity contribution in [2.45, 2.75) is 19.0 Å². The molecule has 1 amide bonds. The Morgan fingerprint density at radius 3 is 2.44 bits per heavy atom. The predicted octanol–water partition coefficient (Wildman–Crippen LogP) is 2.42. The zero-order valence-electron chi connectivity index (χ0n) is 9.42. The van der Waals surface area contributed by atoms with Gasteiger partial charge in [0.2, 0.25) is 5.91 Å². The van der Waals surface area contributed by atoms with Crippen LogP contribution in [-0.4, -0.2) is 17.6 Å². The van der Waals surface area contributed by atoms with E-state index in [0.717, 1.165) is 6.07 Å². The molecule has 0 aromatic heterocycles. The van der Waals surface area contributed by atoms with E-state index in [1.807, 2.05) is 0 Å². The molecule has 1 fully saturated rings. The van der Waals surface area contributed by atoms with Crippen molar-refractivity contribution < 1.29 is 23.1 Å². The van der Waals surface area contributed by atoms with Gasteiger partial charge in [0.15, 0.2) is 0 Å². The van der Waals surface area contributed by atoms with Gasteiger partial charge in [0.05, 0.1) is 23.3 Å².